The molecule has 0 aliphatic heterocycles. The predicted octanol–water partition coefficient (Wildman–Crippen LogP) is 0.194. The van der Waals surface area contributed by atoms with Crippen molar-refractivity contribution in [3.05, 3.63) is 0 Å². The van der Waals surface area contributed by atoms with Gasteiger partial charge >= 0.3 is 0 Å². The topological polar surface area (TPSA) is 66.4 Å². The lowest BCUT2D eigenvalue weighted by Gasteiger charge is -2.20. The van der Waals surface area contributed by atoms with Gasteiger partial charge in [-0.2, -0.15) is 11.8 Å². The van der Waals surface area contributed by atoms with Crippen LogP contribution in [0, 0.1) is 0 Å². The predicted molar refractivity (Wildman–Crippen MR) is 57.3 cm³/mol. The van der Waals surface area contributed by atoms with E-state index in [1.165, 1.54) is 18.7 Å². The third-order valence-electron chi connectivity index (χ3n) is 1.84. The minimum absolute atomic E-state index is 0.0166. The van der Waals surface area contributed by atoms with Crippen LogP contribution in [0.25, 0.3) is 0 Å². The average Bonchev–Trinajstić information content (AvgIpc) is 2.04. The fraction of sp³-hybridized carbons (Fsp3) is 0.778. The number of aliphatic hydroxyl groups excluding tert-OH is 1. The van der Waals surface area contributed by atoms with E-state index in [0.29, 0.717) is 0 Å². The van der Waals surface area contributed by atoms with E-state index in [0.717, 1.165) is 0 Å². The molecule has 4 nitrogen and oxygen atoms in total. The maximum absolute atomic E-state index is 11.2. The van der Waals surface area contributed by atoms with Gasteiger partial charge in [0.15, 0.2) is 0 Å². The summed E-state index contributed by atoms with van der Waals surface area (Å²) in [6.45, 7) is 3.21. The maximum atomic E-state index is 11.2. The van der Waals surface area contributed by atoms with Crippen molar-refractivity contribution in [3.63, 3.8) is 0 Å². The van der Waals surface area contributed by atoms with Crippen molar-refractivity contribution < 1.29 is 14.7 Å². The van der Waals surface area contributed by atoms with Crippen LogP contribution in [-0.4, -0.2) is 41.0 Å². The number of carbonyl (C=O) groups is 2. The molecule has 0 aromatic carbocycles. The van der Waals surface area contributed by atoms with Crippen LogP contribution in [0.3, 0.4) is 0 Å². The molecule has 2 N–H and O–H groups in total. The Morgan fingerprint density at radius 3 is 2.43 bits per heavy atom. The number of carbonyl (C=O) groups excluding carboxylic acids is 2. The van der Waals surface area contributed by atoms with E-state index in [4.69, 9.17) is 5.11 Å². The first-order chi connectivity index (χ1) is 6.51. The summed E-state index contributed by atoms with van der Waals surface area (Å²) in [7, 11) is 0. The first-order valence-corrected chi connectivity index (χ1v) is 5.72. The summed E-state index contributed by atoms with van der Waals surface area (Å²) in [6, 6.07) is -0.123. The lowest BCUT2D eigenvalue weighted by molar-refractivity contribution is -0.127. The highest BCUT2D eigenvalue weighted by Gasteiger charge is 2.17. The van der Waals surface area contributed by atoms with E-state index in [1.54, 1.807) is 0 Å². The molecule has 0 bridgehead atoms. The molecule has 0 aliphatic carbocycles. The van der Waals surface area contributed by atoms with Crippen molar-refractivity contribution in [1.82, 2.24) is 5.32 Å². The molecule has 0 aromatic rings. The monoisotopic (exact) mass is 219 g/mol. The molecule has 5 heteroatoms. The molecule has 0 saturated heterocycles. The lowest BCUT2D eigenvalue weighted by Crippen LogP contribution is -2.41. The van der Waals surface area contributed by atoms with Crippen molar-refractivity contribution in [2.45, 2.75) is 31.6 Å². The highest BCUT2D eigenvalue weighted by atomic mass is 32.2. The molecule has 1 amide bonds. The summed E-state index contributed by atoms with van der Waals surface area (Å²) < 4.78 is 0. The van der Waals surface area contributed by atoms with Crippen molar-refractivity contribution in [2.75, 3.05) is 12.9 Å². The quantitative estimate of drug-likeness (QED) is 0.626. The first-order valence-electron chi connectivity index (χ1n) is 4.43. The zero-order chi connectivity index (χ0) is 11.1. The molecular weight excluding hydrogens is 202 g/mol. The van der Waals surface area contributed by atoms with Gasteiger partial charge in [-0.15, -0.1) is 0 Å². The zero-order valence-corrected chi connectivity index (χ0v) is 9.56. The molecule has 0 radical (unpaired) electrons. The van der Waals surface area contributed by atoms with E-state index < -0.39 is 0 Å². The lowest BCUT2D eigenvalue weighted by atomic mass is 10.2. The molecule has 0 aliphatic rings. The fourth-order valence-electron chi connectivity index (χ4n) is 1.06. The van der Waals surface area contributed by atoms with E-state index >= 15 is 0 Å². The molecule has 14 heavy (non-hydrogen) atoms. The van der Waals surface area contributed by atoms with Crippen LogP contribution in [0.4, 0.5) is 0 Å². The molecule has 0 spiro atoms. The number of ketones is 1. The number of Topliss-reactive ketones (excluding diaryl/α,β-unsaturated/α-hetero) is 1. The highest BCUT2D eigenvalue weighted by molar-refractivity contribution is 7.99. The van der Waals surface area contributed by atoms with Gasteiger partial charge in [-0.3, -0.25) is 9.59 Å². The van der Waals surface area contributed by atoms with Gasteiger partial charge in [-0.25, -0.2) is 0 Å². The van der Waals surface area contributed by atoms with Crippen LogP contribution < -0.4 is 5.32 Å². The molecular formula is C9H17NO3S. The van der Waals surface area contributed by atoms with Crippen LogP contribution in [-0.2, 0) is 9.59 Å². The summed E-state index contributed by atoms with van der Waals surface area (Å²) >= 11 is 1.49. The van der Waals surface area contributed by atoms with E-state index in [1.807, 2.05) is 13.2 Å². The van der Waals surface area contributed by atoms with Gasteiger partial charge in [-0.05, 0) is 20.1 Å². The second-order valence-corrected chi connectivity index (χ2v) is 4.27. The number of nitrogens with one attached hydrogen (secondary N) is 1. The van der Waals surface area contributed by atoms with Gasteiger partial charge < -0.3 is 10.4 Å². The number of aliphatic hydroxyl groups is 1. The Morgan fingerprint density at radius 1 is 1.50 bits per heavy atom. The molecule has 0 aromatic heterocycles. The summed E-state index contributed by atoms with van der Waals surface area (Å²) in [5, 5.41) is 11.6. The smallest absolute Gasteiger partial charge is 0.227 e. The molecule has 2 atom stereocenters. The van der Waals surface area contributed by atoms with E-state index in [-0.39, 0.29) is 36.0 Å². The molecule has 0 rings (SSSR count). The van der Waals surface area contributed by atoms with Crippen molar-refractivity contribution in [1.29, 1.82) is 0 Å². The van der Waals surface area contributed by atoms with Crippen LogP contribution in [0.2, 0.25) is 0 Å². The largest absolute Gasteiger partial charge is 0.395 e. The van der Waals surface area contributed by atoms with Gasteiger partial charge in [0.25, 0.3) is 0 Å². The van der Waals surface area contributed by atoms with Gasteiger partial charge in [0.1, 0.15) is 5.78 Å². The molecule has 2 unspecified atom stereocenters. The standard InChI is InChI=1S/C9H17NO3S/c1-6(12)4-9(13)10-7(2)8(5-11)14-3/h7-8,11H,4-5H2,1-3H3,(H,10,13). The number of hydrogen-bond acceptors (Lipinski definition) is 4. The van der Waals surface area contributed by atoms with Crippen molar-refractivity contribution >= 4 is 23.5 Å². The Kier molecular flexibility index (Phi) is 6.57. The first kappa shape index (κ1) is 13.4. The Labute approximate surface area is 88.4 Å². The summed E-state index contributed by atoms with van der Waals surface area (Å²) in [6.07, 6.45) is 1.78. The summed E-state index contributed by atoms with van der Waals surface area (Å²) in [4.78, 5) is 21.8. The Morgan fingerprint density at radius 2 is 2.07 bits per heavy atom. The number of thioether (sulfide) groups is 1. The SMILES string of the molecule is CSC(CO)C(C)NC(=O)CC(C)=O. The number of rotatable bonds is 6. The Hall–Kier alpha value is -0.550. The molecule has 0 saturated carbocycles. The third-order valence-corrected chi connectivity index (χ3v) is 3.00. The van der Waals surface area contributed by atoms with Crippen LogP contribution >= 0.6 is 11.8 Å². The zero-order valence-electron chi connectivity index (χ0n) is 8.74. The average molecular weight is 219 g/mol. The maximum Gasteiger partial charge on any atom is 0.227 e. The highest BCUT2D eigenvalue weighted by Crippen LogP contribution is 2.10. The van der Waals surface area contributed by atoms with Gasteiger partial charge in [0.2, 0.25) is 5.91 Å². The van der Waals surface area contributed by atoms with Gasteiger partial charge in [0, 0.05) is 11.3 Å². The minimum Gasteiger partial charge on any atom is -0.395 e. The van der Waals surface area contributed by atoms with E-state index in [9.17, 15) is 9.59 Å². The Bertz CT molecular complexity index is 204. The second kappa shape index (κ2) is 6.84. The summed E-state index contributed by atoms with van der Waals surface area (Å²) in [5.74, 6) is -0.433. The van der Waals surface area contributed by atoms with Crippen LogP contribution in [0.5, 0.6) is 0 Å². The van der Waals surface area contributed by atoms with E-state index in [2.05, 4.69) is 5.32 Å². The fourth-order valence-corrected chi connectivity index (χ4v) is 1.69. The van der Waals surface area contributed by atoms with Crippen molar-refractivity contribution in [3.8, 4) is 0 Å². The summed E-state index contributed by atoms with van der Waals surface area (Å²) in [5.41, 5.74) is 0. The molecule has 0 fully saturated rings. The molecule has 0 heterocycles. The Balaban J connectivity index is 3.97. The normalized spacial score (nSPS) is 14.6. The van der Waals surface area contributed by atoms with Crippen LogP contribution in [0.15, 0.2) is 0 Å². The van der Waals surface area contributed by atoms with Gasteiger partial charge in [-0.1, -0.05) is 0 Å². The second-order valence-electron chi connectivity index (χ2n) is 3.19. The third kappa shape index (κ3) is 5.24. The number of amides is 1. The van der Waals surface area contributed by atoms with Crippen molar-refractivity contribution in [2.24, 2.45) is 0 Å². The molecule has 82 valence electrons. The number of hydrogen-bond donors (Lipinski definition) is 2. The minimum atomic E-state index is -0.280. The van der Waals surface area contributed by atoms with Gasteiger partial charge in [0.05, 0.1) is 13.0 Å². The van der Waals surface area contributed by atoms with Crippen LogP contribution in [0.1, 0.15) is 20.3 Å².